The third-order valence-corrected chi connectivity index (χ3v) is 6.44. The van der Waals surface area contributed by atoms with Crippen molar-refractivity contribution in [3.8, 4) is 5.69 Å². The predicted molar refractivity (Wildman–Crippen MR) is 128 cm³/mol. The maximum atomic E-state index is 13.5. The quantitative estimate of drug-likeness (QED) is 0.474. The summed E-state index contributed by atoms with van der Waals surface area (Å²) in [6.45, 7) is 3.90. The van der Waals surface area contributed by atoms with E-state index in [9.17, 15) is 9.59 Å². The first-order chi connectivity index (χ1) is 15.9. The largest absolute Gasteiger partial charge is 0.349 e. The Morgan fingerprint density at radius 1 is 1.03 bits per heavy atom. The molecule has 3 aromatic heterocycles. The third kappa shape index (κ3) is 3.84. The van der Waals surface area contributed by atoms with E-state index in [1.54, 1.807) is 16.8 Å². The second-order valence-electron chi connectivity index (χ2n) is 8.97. The Balaban J connectivity index is 1.78. The second-order valence-corrected chi connectivity index (χ2v) is 8.97. The fourth-order valence-electron chi connectivity index (χ4n) is 4.61. The molecule has 0 saturated heterocycles. The molecule has 1 aliphatic carbocycles. The third-order valence-electron chi connectivity index (χ3n) is 6.44. The van der Waals surface area contributed by atoms with Crippen LogP contribution in [0.4, 0.5) is 0 Å². The normalized spacial score (nSPS) is 14.6. The Bertz CT molecular complexity index is 1490. The molecule has 0 spiro atoms. The molecule has 0 bridgehead atoms. The minimum Gasteiger partial charge on any atom is -0.349 e. The van der Waals surface area contributed by atoms with Crippen molar-refractivity contribution in [3.05, 3.63) is 81.2 Å². The molecule has 0 radical (unpaired) electrons. The molecule has 33 heavy (non-hydrogen) atoms. The van der Waals surface area contributed by atoms with E-state index in [0.717, 1.165) is 36.8 Å². The molecule has 2 N–H and O–H groups in total. The van der Waals surface area contributed by atoms with Crippen molar-refractivity contribution in [2.75, 3.05) is 0 Å². The van der Waals surface area contributed by atoms with Gasteiger partial charge in [0.25, 0.3) is 11.5 Å². The lowest BCUT2D eigenvalue weighted by Crippen LogP contribution is -2.40. The zero-order chi connectivity index (χ0) is 23.1. The van der Waals surface area contributed by atoms with Gasteiger partial charge in [-0.2, -0.15) is 0 Å². The highest BCUT2D eigenvalue weighted by Crippen LogP contribution is 2.19. The highest BCUT2D eigenvalue weighted by molar-refractivity contribution is 5.97. The van der Waals surface area contributed by atoms with Crippen LogP contribution in [0.5, 0.6) is 0 Å². The fraction of sp³-hybridized carbons (Fsp3) is 0.308. The molecular formula is C26H27N5O2. The van der Waals surface area contributed by atoms with Gasteiger partial charge in [-0.05, 0) is 56.5 Å². The summed E-state index contributed by atoms with van der Waals surface area (Å²) < 4.78 is 3.11. The molecule has 1 amide bonds. The van der Waals surface area contributed by atoms with Crippen LogP contribution in [-0.4, -0.2) is 25.9 Å². The van der Waals surface area contributed by atoms with Crippen molar-refractivity contribution in [1.29, 1.82) is 5.41 Å². The Hall–Kier alpha value is -3.74. The number of pyridine rings is 2. The Kier molecular flexibility index (Phi) is 5.32. The average Bonchev–Trinajstić information content (AvgIpc) is 2.81. The highest BCUT2D eigenvalue weighted by Gasteiger charge is 2.21. The number of hydrogen-bond donors (Lipinski definition) is 2. The first-order valence-corrected chi connectivity index (χ1v) is 11.4. The topological polar surface area (TPSA) is 92.2 Å². The number of fused-ring (bicyclic) bond motifs is 2. The molecule has 0 unspecified atom stereocenters. The summed E-state index contributed by atoms with van der Waals surface area (Å²) in [5.74, 6) is -0.316. The van der Waals surface area contributed by atoms with Crippen molar-refractivity contribution in [1.82, 2.24) is 19.3 Å². The molecule has 3 heterocycles. The smallest absolute Gasteiger partial charge is 0.267 e. The van der Waals surface area contributed by atoms with Crippen molar-refractivity contribution < 1.29 is 4.79 Å². The van der Waals surface area contributed by atoms with Gasteiger partial charge in [0.1, 0.15) is 11.1 Å². The van der Waals surface area contributed by atoms with Crippen molar-refractivity contribution in [2.45, 2.75) is 52.0 Å². The average molecular weight is 442 g/mol. The molecule has 1 saturated carbocycles. The minimum atomic E-state index is -0.316. The van der Waals surface area contributed by atoms with E-state index in [1.807, 2.05) is 44.2 Å². The molecule has 0 atom stereocenters. The van der Waals surface area contributed by atoms with E-state index in [-0.39, 0.29) is 28.6 Å². The van der Waals surface area contributed by atoms with Crippen molar-refractivity contribution in [3.63, 3.8) is 0 Å². The van der Waals surface area contributed by atoms with E-state index in [0.29, 0.717) is 22.4 Å². The standard InChI is InChI=1S/C26H27N5O2/c1-16-8-11-19(12-9-16)31-23(27)20(25(32)28-18-6-4-3-5-7-18)14-21-24(31)29-22-13-10-17(2)15-30(22)26(21)33/h8-15,18,27H,3-7H2,1-2H3,(H,28,32). The van der Waals surface area contributed by atoms with Gasteiger partial charge in [-0.15, -0.1) is 0 Å². The van der Waals surface area contributed by atoms with Gasteiger partial charge < -0.3 is 5.32 Å². The molecule has 7 heteroatoms. The van der Waals surface area contributed by atoms with Gasteiger partial charge >= 0.3 is 0 Å². The number of carbonyl (C=O) groups is 1. The summed E-state index contributed by atoms with van der Waals surface area (Å²) in [7, 11) is 0. The van der Waals surface area contributed by atoms with E-state index < -0.39 is 0 Å². The fourth-order valence-corrected chi connectivity index (χ4v) is 4.61. The van der Waals surface area contributed by atoms with Gasteiger partial charge in [0.2, 0.25) is 0 Å². The van der Waals surface area contributed by atoms with Gasteiger partial charge in [0.05, 0.1) is 10.9 Å². The number of benzene rings is 1. The summed E-state index contributed by atoms with van der Waals surface area (Å²) in [4.78, 5) is 31.5. The summed E-state index contributed by atoms with van der Waals surface area (Å²) in [5.41, 5.74) is 3.50. The molecule has 1 fully saturated rings. The van der Waals surface area contributed by atoms with E-state index in [1.165, 1.54) is 16.9 Å². The number of nitrogens with zero attached hydrogens (tertiary/aromatic N) is 3. The SMILES string of the molecule is Cc1ccc(-n2c(=N)c(C(=O)NC3CCCCC3)cc3c(=O)n4cc(C)ccc4nc32)cc1. The van der Waals surface area contributed by atoms with Gasteiger partial charge in [0, 0.05) is 17.9 Å². The van der Waals surface area contributed by atoms with E-state index in [2.05, 4.69) is 5.32 Å². The van der Waals surface area contributed by atoms with Crippen LogP contribution in [0.1, 0.15) is 53.6 Å². The van der Waals surface area contributed by atoms with Crippen LogP contribution in [0.15, 0.2) is 53.5 Å². The van der Waals surface area contributed by atoms with Crippen LogP contribution in [0.2, 0.25) is 0 Å². The van der Waals surface area contributed by atoms with Crippen LogP contribution < -0.4 is 16.4 Å². The second kappa shape index (κ2) is 8.31. The zero-order valence-corrected chi connectivity index (χ0v) is 18.9. The van der Waals surface area contributed by atoms with Gasteiger partial charge in [-0.25, -0.2) is 4.98 Å². The number of carbonyl (C=O) groups excluding carboxylic acids is 1. The Morgan fingerprint density at radius 2 is 1.73 bits per heavy atom. The monoisotopic (exact) mass is 441 g/mol. The van der Waals surface area contributed by atoms with Crippen LogP contribution >= 0.6 is 0 Å². The Morgan fingerprint density at radius 3 is 2.45 bits per heavy atom. The Labute approximate surface area is 191 Å². The lowest BCUT2D eigenvalue weighted by molar-refractivity contribution is 0.0925. The first kappa shape index (κ1) is 21.1. The number of rotatable bonds is 3. The van der Waals surface area contributed by atoms with Gasteiger partial charge in [0.15, 0.2) is 5.65 Å². The molecule has 4 aromatic rings. The number of amides is 1. The van der Waals surface area contributed by atoms with Crippen LogP contribution in [-0.2, 0) is 0 Å². The lowest BCUT2D eigenvalue weighted by atomic mass is 9.95. The summed E-state index contributed by atoms with van der Waals surface area (Å²) >= 11 is 0. The molecule has 1 aliphatic rings. The zero-order valence-electron chi connectivity index (χ0n) is 18.9. The number of aryl methyl sites for hydroxylation is 2. The van der Waals surface area contributed by atoms with Crippen molar-refractivity contribution >= 4 is 22.6 Å². The highest BCUT2D eigenvalue weighted by atomic mass is 16.2. The van der Waals surface area contributed by atoms with Crippen molar-refractivity contribution in [2.24, 2.45) is 0 Å². The minimum absolute atomic E-state index is 0.0167. The number of hydrogen-bond acceptors (Lipinski definition) is 4. The lowest BCUT2D eigenvalue weighted by Gasteiger charge is -2.23. The van der Waals surface area contributed by atoms with Crippen LogP contribution in [0, 0.1) is 19.3 Å². The summed E-state index contributed by atoms with van der Waals surface area (Å²) in [5, 5.41) is 12.3. The first-order valence-electron chi connectivity index (χ1n) is 11.4. The molecule has 5 rings (SSSR count). The van der Waals surface area contributed by atoms with Crippen LogP contribution in [0.25, 0.3) is 22.4 Å². The maximum Gasteiger partial charge on any atom is 0.267 e. The number of aromatic nitrogens is 3. The number of nitrogens with one attached hydrogen (secondary N) is 2. The summed E-state index contributed by atoms with van der Waals surface area (Å²) in [6, 6.07) is 13.0. The van der Waals surface area contributed by atoms with E-state index >= 15 is 0 Å². The van der Waals surface area contributed by atoms with Gasteiger partial charge in [-0.3, -0.25) is 24.0 Å². The molecule has 0 aliphatic heterocycles. The summed E-state index contributed by atoms with van der Waals surface area (Å²) in [6.07, 6.45) is 7.01. The molecular weight excluding hydrogens is 414 g/mol. The molecule has 168 valence electrons. The molecule has 1 aromatic carbocycles. The maximum absolute atomic E-state index is 13.5. The predicted octanol–water partition coefficient (Wildman–Crippen LogP) is 3.80. The van der Waals surface area contributed by atoms with Crippen LogP contribution in [0.3, 0.4) is 0 Å². The van der Waals surface area contributed by atoms with Gasteiger partial charge in [-0.1, -0.05) is 43.0 Å². The van der Waals surface area contributed by atoms with E-state index in [4.69, 9.17) is 10.4 Å². The molecule has 7 nitrogen and oxygen atoms in total.